The van der Waals surface area contributed by atoms with Gasteiger partial charge in [-0.05, 0) is 13.0 Å². The molecule has 0 saturated heterocycles. The Kier molecular flexibility index (Phi) is 2.24. The zero-order valence-electron chi connectivity index (χ0n) is 8.01. The number of anilines is 1. The van der Waals surface area contributed by atoms with Gasteiger partial charge in [-0.15, -0.1) is 0 Å². The van der Waals surface area contributed by atoms with E-state index in [1.165, 1.54) is 6.07 Å². The first-order valence-electron chi connectivity index (χ1n) is 4.35. The molecule has 0 aliphatic rings. The highest BCUT2D eigenvalue weighted by molar-refractivity contribution is 5.91. The first-order chi connectivity index (χ1) is 7.11. The van der Waals surface area contributed by atoms with Crippen molar-refractivity contribution in [3.63, 3.8) is 0 Å². The topological polar surface area (TPSA) is 50.9 Å². The number of aryl methyl sites for hydroxylation is 1. The third-order valence-corrected chi connectivity index (χ3v) is 2.11. The van der Waals surface area contributed by atoms with Crippen LogP contribution in [0, 0.1) is 18.6 Å². The van der Waals surface area contributed by atoms with Crippen LogP contribution in [-0.4, -0.2) is 4.98 Å². The molecule has 0 saturated carbocycles. The number of benzene rings is 1. The van der Waals surface area contributed by atoms with Crippen LogP contribution in [0.4, 0.5) is 14.5 Å². The van der Waals surface area contributed by atoms with Crippen LogP contribution in [0.15, 0.2) is 18.2 Å². The zero-order chi connectivity index (χ0) is 11.0. The van der Waals surface area contributed by atoms with Gasteiger partial charge < -0.3 is 5.43 Å². The standard InChI is InChI=1S/C10H9F2N3/c1-5-2-9(15-13)10-7(12)3-6(11)4-8(10)14-5/h2-4H,13H2,1H3,(H,14,15). The molecular weight excluding hydrogens is 200 g/mol. The smallest absolute Gasteiger partial charge is 0.137 e. The van der Waals surface area contributed by atoms with Gasteiger partial charge in [-0.25, -0.2) is 8.78 Å². The van der Waals surface area contributed by atoms with Gasteiger partial charge in [-0.3, -0.25) is 10.8 Å². The first-order valence-corrected chi connectivity index (χ1v) is 4.35. The summed E-state index contributed by atoms with van der Waals surface area (Å²) in [7, 11) is 0. The maximum Gasteiger partial charge on any atom is 0.137 e. The average molecular weight is 209 g/mol. The van der Waals surface area contributed by atoms with Crippen LogP contribution < -0.4 is 11.3 Å². The number of nitrogens with one attached hydrogen (secondary N) is 1. The molecule has 1 heterocycles. The molecule has 0 amide bonds. The summed E-state index contributed by atoms with van der Waals surface area (Å²) in [6, 6.07) is 3.58. The van der Waals surface area contributed by atoms with Gasteiger partial charge in [0, 0.05) is 17.8 Å². The molecule has 0 unspecified atom stereocenters. The van der Waals surface area contributed by atoms with Crippen molar-refractivity contribution in [3.05, 3.63) is 35.5 Å². The Bertz CT molecular complexity index is 520. The molecule has 0 bridgehead atoms. The van der Waals surface area contributed by atoms with Crippen LogP contribution >= 0.6 is 0 Å². The van der Waals surface area contributed by atoms with E-state index in [0.717, 1.165) is 6.07 Å². The highest BCUT2D eigenvalue weighted by atomic mass is 19.1. The maximum absolute atomic E-state index is 13.5. The number of halogens is 2. The number of hydrogen-bond donors (Lipinski definition) is 2. The lowest BCUT2D eigenvalue weighted by Crippen LogP contribution is -2.08. The predicted molar refractivity (Wildman–Crippen MR) is 54.2 cm³/mol. The van der Waals surface area contributed by atoms with Crippen LogP contribution in [0.25, 0.3) is 10.9 Å². The molecule has 5 heteroatoms. The fourth-order valence-corrected chi connectivity index (χ4v) is 1.53. The Morgan fingerprint density at radius 1 is 1.27 bits per heavy atom. The van der Waals surface area contributed by atoms with Gasteiger partial charge in [0.25, 0.3) is 0 Å². The van der Waals surface area contributed by atoms with Gasteiger partial charge >= 0.3 is 0 Å². The summed E-state index contributed by atoms with van der Waals surface area (Å²) in [6.07, 6.45) is 0. The quantitative estimate of drug-likeness (QED) is 0.558. The molecule has 0 atom stereocenters. The highest BCUT2D eigenvalue weighted by Gasteiger charge is 2.10. The number of pyridine rings is 1. The van der Waals surface area contributed by atoms with Gasteiger partial charge in [-0.2, -0.15) is 0 Å². The lowest BCUT2D eigenvalue weighted by atomic mass is 10.1. The van der Waals surface area contributed by atoms with E-state index in [1.54, 1.807) is 13.0 Å². The number of nitrogens with two attached hydrogens (primary N) is 1. The monoisotopic (exact) mass is 209 g/mol. The largest absolute Gasteiger partial charge is 0.323 e. The van der Waals surface area contributed by atoms with Crippen molar-refractivity contribution >= 4 is 16.6 Å². The third-order valence-electron chi connectivity index (χ3n) is 2.11. The second-order valence-corrected chi connectivity index (χ2v) is 3.24. The Labute approximate surface area is 84.9 Å². The molecule has 0 fully saturated rings. The lowest BCUT2D eigenvalue weighted by Gasteiger charge is -2.07. The number of fused-ring (bicyclic) bond motifs is 1. The van der Waals surface area contributed by atoms with E-state index in [9.17, 15) is 8.78 Å². The van der Waals surface area contributed by atoms with Crippen molar-refractivity contribution in [3.8, 4) is 0 Å². The Morgan fingerprint density at radius 3 is 2.67 bits per heavy atom. The Morgan fingerprint density at radius 2 is 2.00 bits per heavy atom. The molecule has 2 aromatic rings. The normalized spacial score (nSPS) is 10.7. The number of rotatable bonds is 1. The van der Waals surface area contributed by atoms with Crippen molar-refractivity contribution in [2.45, 2.75) is 6.92 Å². The van der Waals surface area contributed by atoms with Crippen LogP contribution in [0.2, 0.25) is 0 Å². The summed E-state index contributed by atoms with van der Waals surface area (Å²) in [5.74, 6) is 3.93. The molecule has 3 nitrogen and oxygen atoms in total. The van der Waals surface area contributed by atoms with Crippen molar-refractivity contribution in [1.82, 2.24) is 4.98 Å². The lowest BCUT2D eigenvalue weighted by molar-refractivity contribution is 0.591. The van der Waals surface area contributed by atoms with Crippen LogP contribution in [0.5, 0.6) is 0 Å². The summed E-state index contributed by atoms with van der Waals surface area (Å²) >= 11 is 0. The van der Waals surface area contributed by atoms with Crippen LogP contribution in [-0.2, 0) is 0 Å². The molecule has 15 heavy (non-hydrogen) atoms. The van der Waals surface area contributed by atoms with Gasteiger partial charge in [0.1, 0.15) is 11.6 Å². The van der Waals surface area contributed by atoms with Gasteiger partial charge in [0.2, 0.25) is 0 Å². The molecule has 0 radical (unpaired) electrons. The van der Waals surface area contributed by atoms with Gasteiger partial charge in [0.15, 0.2) is 0 Å². The van der Waals surface area contributed by atoms with E-state index >= 15 is 0 Å². The maximum atomic E-state index is 13.5. The summed E-state index contributed by atoms with van der Waals surface area (Å²) < 4.78 is 26.4. The Balaban J connectivity index is 2.90. The summed E-state index contributed by atoms with van der Waals surface area (Å²) in [6.45, 7) is 1.73. The van der Waals surface area contributed by atoms with E-state index in [1.807, 2.05) is 0 Å². The molecule has 2 rings (SSSR count). The molecule has 3 N–H and O–H groups in total. The van der Waals surface area contributed by atoms with Crippen molar-refractivity contribution in [1.29, 1.82) is 0 Å². The molecule has 0 spiro atoms. The number of nitrogens with zero attached hydrogens (tertiary/aromatic N) is 1. The molecule has 0 aliphatic carbocycles. The van der Waals surface area contributed by atoms with Crippen molar-refractivity contribution < 1.29 is 8.78 Å². The SMILES string of the molecule is Cc1cc(NN)c2c(F)cc(F)cc2n1. The van der Waals surface area contributed by atoms with E-state index in [0.29, 0.717) is 11.4 Å². The van der Waals surface area contributed by atoms with Crippen LogP contribution in [0.1, 0.15) is 5.69 Å². The molecule has 0 aliphatic heterocycles. The minimum atomic E-state index is -0.676. The van der Waals surface area contributed by atoms with E-state index < -0.39 is 11.6 Å². The third kappa shape index (κ3) is 1.61. The minimum absolute atomic E-state index is 0.199. The minimum Gasteiger partial charge on any atom is -0.323 e. The fraction of sp³-hybridized carbons (Fsp3) is 0.100. The average Bonchev–Trinajstić information content (AvgIpc) is 2.14. The highest BCUT2D eigenvalue weighted by Crippen LogP contribution is 2.26. The number of hydrogen-bond acceptors (Lipinski definition) is 3. The van der Waals surface area contributed by atoms with Crippen molar-refractivity contribution in [2.75, 3.05) is 5.43 Å². The summed E-state index contributed by atoms with van der Waals surface area (Å²) in [4.78, 5) is 4.03. The number of hydrazine groups is 1. The second-order valence-electron chi connectivity index (χ2n) is 3.24. The Hall–Kier alpha value is -1.75. The van der Waals surface area contributed by atoms with Crippen LogP contribution in [0.3, 0.4) is 0 Å². The molecule has 1 aromatic heterocycles. The number of nitrogen functional groups attached to an aromatic ring is 1. The fourth-order valence-electron chi connectivity index (χ4n) is 1.53. The van der Waals surface area contributed by atoms with Gasteiger partial charge in [0.05, 0.1) is 16.6 Å². The van der Waals surface area contributed by atoms with E-state index in [2.05, 4.69) is 10.4 Å². The van der Waals surface area contributed by atoms with E-state index in [4.69, 9.17) is 5.84 Å². The van der Waals surface area contributed by atoms with Crippen molar-refractivity contribution in [2.24, 2.45) is 5.84 Å². The molecule has 1 aromatic carbocycles. The molecular formula is C10H9F2N3. The van der Waals surface area contributed by atoms with E-state index in [-0.39, 0.29) is 10.9 Å². The number of aromatic nitrogens is 1. The predicted octanol–water partition coefficient (Wildman–Crippen LogP) is 2.11. The molecule has 78 valence electrons. The summed E-state index contributed by atoms with van der Waals surface area (Å²) in [5, 5.41) is 0.199. The first kappa shape index (κ1) is 9.79. The zero-order valence-corrected chi connectivity index (χ0v) is 8.01. The summed E-state index contributed by atoms with van der Waals surface area (Å²) in [5.41, 5.74) is 3.66. The van der Waals surface area contributed by atoms with Gasteiger partial charge in [-0.1, -0.05) is 0 Å². The second kappa shape index (κ2) is 3.43.